The number of amides is 2. The Morgan fingerprint density at radius 2 is 1.85 bits per heavy atom. The second kappa shape index (κ2) is 8.28. The molecule has 0 aliphatic heterocycles. The number of pyridine rings is 1. The number of carbonyl (C=O) groups is 1. The molecular formula is C19H20F3N3O2. The number of rotatable bonds is 4. The minimum Gasteiger partial charge on any atom is -0.474 e. The van der Waals surface area contributed by atoms with E-state index in [0.717, 1.165) is 37.8 Å². The van der Waals surface area contributed by atoms with Crippen molar-refractivity contribution in [3.05, 3.63) is 54.2 Å². The van der Waals surface area contributed by atoms with Crippen molar-refractivity contribution in [1.29, 1.82) is 0 Å². The highest BCUT2D eigenvalue weighted by Crippen LogP contribution is 2.30. The predicted octanol–water partition coefficient (Wildman–Crippen LogP) is 4.61. The molecule has 0 bridgehead atoms. The molecule has 27 heavy (non-hydrogen) atoms. The number of hydrogen-bond donors (Lipinski definition) is 2. The van der Waals surface area contributed by atoms with Gasteiger partial charge < -0.3 is 15.4 Å². The zero-order chi connectivity index (χ0) is 19.3. The summed E-state index contributed by atoms with van der Waals surface area (Å²) in [5, 5.41) is 5.27. The maximum Gasteiger partial charge on any atom is 0.416 e. The Labute approximate surface area is 154 Å². The van der Waals surface area contributed by atoms with Crippen LogP contribution in [-0.4, -0.2) is 23.2 Å². The van der Waals surface area contributed by atoms with Gasteiger partial charge in [0.25, 0.3) is 0 Å². The fraction of sp³-hybridized carbons (Fsp3) is 0.368. The predicted molar refractivity (Wildman–Crippen MR) is 94.5 cm³/mol. The highest BCUT2D eigenvalue weighted by molar-refractivity contribution is 5.89. The molecule has 1 heterocycles. The number of aromatic nitrogens is 1. The van der Waals surface area contributed by atoms with E-state index in [9.17, 15) is 18.0 Å². The molecule has 1 aliphatic rings. The first kappa shape index (κ1) is 19.0. The van der Waals surface area contributed by atoms with Gasteiger partial charge in [0.15, 0.2) is 0 Å². The number of anilines is 1. The molecule has 8 heteroatoms. The summed E-state index contributed by atoms with van der Waals surface area (Å²) in [4.78, 5) is 16.2. The van der Waals surface area contributed by atoms with Gasteiger partial charge in [-0.3, -0.25) is 0 Å². The van der Waals surface area contributed by atoms with Gasteiger partial charge in [-0.05, 0) is 49.9 Å². The molecule has 2 aromatic rings. The zero-order valence-corrected chi connectivity index (χ0v) is 14.5. The Hall–Kier alpha value is -2.77. The number of halogens is 3. The molecule has 1 saturated carbocycles. The van der Waals surface area contributed by atoms with Crippen molar-refractivity contribution < 1.29 is 22.7 Å². The first-order valence-corrected chi connectivity index (χ1v) is 8.72. The van der Waals surface area contributed by atoms with Crippen LogP contribution in [-0.2, 0) is 6.18 Å². The van der Waals surface area contributed by atoms with E-state index in [0.29, 0.717) is 5.88 Å². The summed E-state index contributed by atoms with van der Waals surface area (Å²) >= 11 is 0. The molecule has 2 N–H and O–H groups in total. The largest absolute Gasteiger partial charge is 0.474 e. The lowest BCUT2D eigenvalue weighted by molar-refractivity contribution is -0.137. The van der Waals surface area contributed by atoms with Crippen molar-refractivity contribution in [1.82, 2.24) is 10.3 Å². The fourth-order valence-electron chi connectivity index (χ4n) is 3.04. The van der Waals surface area contributed by atoms with Crippen molar-refractivity contribution in [3.8, 4) is 5.88 Å². The van der Waals surface area contributed by atoms with Crippen LogP contribution in [0.4, 0.5) is 23.7 Å². The van der Waals surface area contributed by atoms with E-state index < -0.39 is 17.8 Å². The van der Waals surface area contributed by atoms with Gasteiger partial charge in [-0.15, -0.1) is 0 Å². The van der Waals surface area contributed by atoms with Crippen molar-refractivity contribution in [2.45, 2.75) is 44.0 Å². The van der Waals surface area contributed by atoms with Crippen molar-refractivity contribution in [2.75, 3.05) is 5.32 Å². The molecule has 1 aromatic carbocycles. The molecule has 0 atom stereocenters. The average molecular weight is 379 g/mol. The lowest BCUT2D eigenvalue weighted by atomic mass is 9.93. The third-order valence-corrected chi connectivity index (χ3v) is 4.38. The smallest absolute Gasteiger partial charge is 0.416 e. The normalized spacial score (nSPS) is 20.0. The Kier molecular flexibility index (Phi) is 5.83. The van der Waals surface area contributed by atoms with E-state index in [-0.39, 0.29) is 17.8 Å². The molecule has 1 aromatic heterocycles. The minimum atomic E-state index is -4.44. The van der Waals surface area contributed by atoms with Crippen LogP contribution in [0, 0.1) is 0 Å². The van der Waals surface area contributed by atoms with Gasteiger partial charge in [-0.2, -0.15) is 13.2 Å². The van der Waals surface area contributed by atoms with Gasteiger partial charge in [-0.1, -0.05) is 12.1 Å². The third-order valence-electron chi connectivity index (χ3n) is 4.38. The van der Waals surface area contributed by atoms with Crippen molar-refractivity contribution in [2.24, 2.45) is 0 Å². The number of nitrogens with zero attached hydrogens (tertiary/aromatic N) is 1. The molecule has 0 spiro atoms. The summed E-state index contributed by atoms with van der Waals surface area (Å²) < 4.78 is 44.0. The molecule has 144 valence electrons. The highest BCUT2D eigenvalue weighted by Gasteiger charge is 2.30. The third kappa shape index (κ3) is 5.60. The number of nitrogens with one attached hydrogen (secondary N) is 2. The lowest BCUT2D eigenvalue weighted by Gasteiger charge is -2.29. The summed E-state index contributed by atoms with van der Waals surface area (Å²) in [6, 6.07) is 9.48. The van der Waals surface area contributed by atoms with Crippen LogP contribution in [0.25, 0.3) is 0 Å². The molecule has 2 amide bonds. The van der Waals surface area contributed by atoms with E-state index >= 15 is 0 Å². The first-order valence-electron chi connectivity index (χ1n) is 8.72. The molecule has 0 radical (unpaired) electrons. The second-order valence-corrected chi connectivity index (χ2v) is 6.44. The molecule has 1 fully saturated rings. The second-order valence-electron chi connectivity index (χ2n) is 6.44. The number of hydrogen-bond acceptors (Lipinski definition) is 3. The summed E-state index contributed by atoms with van der Waals surface area (Å²) in [7, 11) is 0. The van der Waals surface area contributed by atoms with Gasteiger partial charge in [0.2, 0.25) is 5.88 Å². The summed E-state index contributed by atoms with van der Waals surface area (Å²) in [5.41, 5.74) is -0.693. The maximum absolute atomic E-state index is 12.7. The molecule has 1 aliphatic carbocycles. The van der Waals surface area contributed by atoms with Gasteiger partial charge in [-0.25, -0.2) is 9.78 Å². The van der Waals surface area contributed by atoms with Gasteiger partial charge in [0.1, 0.15) is 6.10 Å². The monoisotopic (exact) mass is 379 g/mol. The molecular weight excluding hydrogens is 359 g/mol. The van der Waals surface area contributed by atoms with E-state index in [4.69, 9.17) is 4.74 Å². The highest BCUT2D eigenvalue weighted by atomic mass is 19.4. The van der Waals surface area contributed by atoms with Gasteiger partial charge in [0.05, 0.1) is 5.56 Å². The van der Waals surface area contributed by atoms with Crippen LogP contribution in [0.5, 0.6) is 5.88 Å². The van der Waals surface area contributed by atoms with Gasteiger partial charge >= 0.3 is 12.2 Å². The Morgan fingerprint density at radius 3 is 2.52 bits per heavy atom. The van der Waals surface area contributed by atoms with Gasteiger partial charge in [0, 0.05) is 24.0 Å². The van der Waals surface area contributed by atoms with E-state index in [1.165, 1.54) is 12.1 Å². The average Bonchev–Trinajstić information content (AvgIpc) is 2.64. The fourth-order valence-corrected chi connectivity index (χ4v) is 3.04. The molecule has 5 nitrogen and oxygen atoms in total. The molecule has 0 saturated heterocycles. The number of benzene rings is 1. The summed E-state index contributed by atoms with van der Waals surface area (Å²) in [6.07, 6.45) is 0.266. The Balaban J connectivity index is 1.46. The number of urea groups is 1. The molecule has 0 unspecified atom stereocenters. The number of alkyl halides is 3. The maximum atomic E-state index is 12.7. The van der Waals surface area contributed by atoms with Crippen LogP contribution in [0.2, 0.25) is 0 Å². The van der Waals surface area contributed by atoms with E-state index in [1.807, 2.05) is 12.1 Å². The minimum absolute atomic E-state index is 0.0422. The van der Waals surface area contributed by atoms with Crippen LogP contribution >= 0.6 is 0 Å². The number of carbonyl (C=O) groups excluding carboxylic acids is 1. The first-order chi connectivity index (χ1) is 12.9. The van der Waals surface area contributed by atoms with Crippen molar-refractivity contribution >= 4 is 11.7 Å². The van der Waals surface area contributed by atoms with Crippen molar-refractivity contribution in [3.63, 3.8) is 0 Å². The molecule has 3 rings (SSSR count). The summed E-state index contributed by atoms with van der Waals surface area (Å²) in [6.45, 7) is 0. The van der Waals surface area contributed by atoms with E-state index in [2.05, 4.69) is 15.6 Å². The zero-order valence-electron chi connectivity index (χ0n) is 14.5. The topological polar surface area (TPSA) is 63.2 Å². The Bertz CT molecular complexity index is 760. The standard InChI is InChI=1S/C19H20F3N3O2/c20-19(21,22)13-4-3-5-15(12-13)25-18(26)24-14-7-9-16(10-8-14)27-17-6-1-2-11-23-17/h1-6,11-12,14,16H,7-10H2,(H2,24,25,26). The SMILES string of the molecule is O=C(Nc1cccc(C(F)(F)F)c1)NC1CCC(Oc2ccccn2)CC1. The van der Waals surface area contributed by atoms with Crippen LogP contribution in [0.3, 0.4) is 0 Å². The summed E-state index contributed by atoms with van der Waals surface area (Å²) in [5.74, 6) is 0.580. The lowest BCUT2D eigenvalue weighted by Crippen LogP contribution is -2.41. The van der Waals surface area contributed by atoms with E-state index in [1.54, 1.807) is 12.3 Å². The number of ether oxygens (including phenoxy) is 1. The van der Waals surface area contributed by atoms with Crippen LogP contribution in [0.15, 0.2) is 48.7 Å². The quantitative estimate of drug-likeness (QED) is 0.815. The van der Waals surface area contributed by atoms with Crippen LogP contribution in [0.1, 0.15) is 31.2 Å². The van der Waals surface area contributed by atoms with Crippen LogP contribution < -0.4 is 15.4 Å². The Morgan fingerprint density at radius 1 is 1.07 bits per heavy atom.